The van der Waals surface area contributed by atoms with Gasteiger partial charge in [-0.05, 0) is 29.8 Å². The number of thiazole rings is 1. The third kappa shape index (κ3) is 4.49. The van der Waals surface area contributed by atoms with E-state index in [0.717, 1.165) is 18.2 Å². The minimum atomic E-state index is -3.45. The Labute approximate surface area is 174 Å². The standard InChI is InChI=1S/C21H21N3O3S2/c25-20(23-10-12-24(13-11-23)21-22-9-14-28-21)18-6-4-5-17(15-18)16-29(26,27)19-7-2-1-3-8-19/h1-9,14-15H,10-13,16H2. The van der Waals surface area contributed by atoms with Crippen LogP contribution in [0.3, 0.4) is 0 Å². The number of sulfone groups is 1. The molecule has 6 nitrogen and oxygen atoms in total. The van der Waals surface area contributed by atoms with Crippen molar-refractivity contribution in [2.75, 3.05) is 31.1 Å². The zero-order valence-corrected chi connectivity index (χ0v) is 17.4. The number of carbonyl (C=O) groups excluding carboxylic acids is 1. The largest absolute Gasteiger partial charge is 0.345 e. The maximum Gasteiger partial charge on any atom is 0.253 e. The average Bonchev–Trinajstić information content (AvgIpc) is 3.29. The molecule has 8 heteroatoms. The highest BCUT2D eigenvalue weighted by Gasteiger charge is 2.24. The average molecular weight is 428 g/mol. The molecule has 1 amide bonds. The molecule has 150 valence electrons. The van der Waals surface area contributed by atoms with Crippen LogP contribution in [0.25, 0.3) is 0 Å². The normalized spacial score (nSPS) is 14.8. The second-order valence-electron chi connectivity index (χ2n) is 6.87. The molecule has 1 aromatic heterocycles. The first-order valence-corrected chi connectivity index (χ1v) is 11.9. The van der Waals surface area contributed by atoms with Crippen LogP contribution >= 0.6 is 11.3 Å². The van der Waals surface area contributed by atoms with Gasteiger partial charge in [0.05, 0.1) is 10.6 Å². The highest BCUT2D eigenvalue weighted by Crippen LogP contribution is 2.21. The highest BCUT2D eigenvalue weighted by atomic mass is 32.2. The van der Waals surface area contributed by atoms with E-state index in [2.05, 4.69) is 9.88 Å². The van der Waals surface area contributed by atoms with Crippen molar-refractivity contribution in [2.45, 2.75) is 10.6 Å². The quantitative estimate of drug-likeness (QED) is 0.626. The SMILES string of the molecule is O=C(c1cccc(CS(=O)(=O)c2ccccc2)c1)N1CCN(c2nccs2)CC1. The first-order valence-electron chi connectivity index (χ1n) is 9.33. The summed E-state index contributed by atoms with van der Waals surface area (Å²) in [7, 11) is -3.45. The van der Waals surface area contributed by atoms with E-state index in [-0.39, 0.29) is 16.6 Å². The van der Waals surface area contributed by atoms with Crippen molar-refractivity contribution < 1.29 is 13.2 Å². The summed E-state index contributed by atoms with van der Waals surface area (Å²) >= 11 is 1.60. The highest BCUT2D eigenvalue weighted by molar-refractivity contribution is 7.90. The predicted molar refractivity (Wildman–Crippen MR) is 114 cm³/mol. The second-order valence-corrected chi connectivity index (χ2v) is 9.73. The first-order chi connectivity index (χ1) is 14.0. The molecule has 0 spiro atoms. The lowest BCUT2D eigenvalue weighted by molar-refractivity contribution is 0.0746. The molecule has 1 aliphatic heterocycles. The Bertz CT molecular complexity index is 1080. The molecular weight excluding hydrogens is 406 g/mol. The predicted octanol–water partition coefficient (Wildman–Crippen LogP) is 3.08. The van der Waals surface area contributed by atoms with Crippen LogP contribution in [0.1, 0.15) is 15.9 Å². The monoisotopic (exact) mass is 427 g/mol. The molecule has 3 aromatic rings. The summed E-state index contributed by atoms with van der Waals surface area (Å²) in [6.07, 6.45) is 1.78. The number of carbonyl (C=O) groups is 1. The van der Waals surface area contributed by atoms with E-state index in [9.17, 15) is 13.2 Å². The Morgan fingerprint density at radius 1 is 1.00 bits per heavy atom. The lowest BCUT2D eigenvalue weighted by Gasteiger charge is -2.34. The molecule has 0 saturated carbocycles. The minimum absolute atomic E-state index is 0.0669. The van der Waals surface area contributed by atoms with Gasteiger partial charge in [0.25, 0.3) is 5.91 Å². The lowest BCUT2D eigenvalue weighted by Crippen LogP contribution is -2.48. The van der Waals surface area contributed by atoms with E-state index in [1.165, 1.54) is 0 Å². The Kier molecular flexibility index (Phi) is 5.64. The summed E-state index contributed by atoms with van der Waals surface area (Å²) in [4.78, 5) is 21.5. The van der Waals surface area contributed by atoms with Gasteiger partial charge in [0.1, 0.15) is 0 Å². The van der Waals surface area contributed by atoms with Gasteiger partial charge in [0, 0.05) is 43.3 Å². The van der Waals surface area contributed by atoms with Crippen LogP contribution in [0.15, 0.2) is 71.1 Å². The number of rotatable bonds is 5. The molecule has 4 rings (SSSR count). The number of anilines is 1. The molecule has 1 saturated heterocycles. The van der Waals surface area contributed by atoms with E-state index in [4.69, 9.17) is 0 Å². The molecule has 0 bridgehead atoms. The second kappa shape index (κ2) is 8.34. The van der Waals surface area contributed by atoms with Gasteiger partial charge in [-0.2, -0.15) is 0 Å². The molecule has 0 atom stereocenters. The first kappa shape index (κ1) is 19.6. The van der Waals surface area contributed by atoms with Crippen molar-refractivity contribution in [2.24, 2.45) is 0 Å². The van der Waals surface area contributed by atoms with Crippen molar-refractivity contribution >= 4 is 32.2 Å². The zero-order valence-electron chi connectivity index (χ0n) is 15.8. The number of aromatic nitrogens is 1. The molecule has 0 aliphatic carbocycles. The van der Waals surface area contributed by atoms with Gasteiger partial charge in [-0.3, -0.25) is 4.79 Å². The number of hydrogen-bond acceptors (Lipinski definition) is 6. The third-order valence-corrected chi connectivity index (χ3v) is 7.43. The van der Waals surface area contributed by atoms with Crippen molar-refractivity contribution in [3.63, 3.8) is 0 Å². The maximum absolute atomic E-state index is 12.9. The molecule has 0 N–H and O–H groups in total. The van der Waals surface area contributed by atoms with Crippen LogP contribution in [0, 0.1) is 0 Å². The fraction of sp³-hybridized carbons (Fsp3) is 0.238. The molecule has 29 heavy (non-hydrogen) atoms. The third-order valence-electron chi connectivity index (χ3n) is 4.89. The van der Waals surface area contributed by atoms with E-state index in [1.54, 1.807) is 72.1 Å². The van der Waals surface area contributed by atoms with Crippen LogP contribution in [-0.2, 0) is 15.6 Å². The van der Waals surface area contributed by atoms with Crippen LogP contribution in [-0.4, -0.2) is 50.4 Å². The van der Waals surface area contributed by atoms with E-state index < -0.39 is 9.84 Å². The van der Waals surface area contributed by atoms with Crippen LogP contribution in [0.4, 0.5) is 5.13 Å². The number of benzene rings is 2. The summed E-state index contributed by atoms with van der Waals surface area (Å²) < 4.78 is 25.3. The Hall–Kier alpha value is -2.71. The number of nitrogens with zero attached hydrogens (tertiary/aromatic N) is 3. The summed E-state index contributed by atoms with van der Waals surface area (Å²) in [6, 6.07) is 15.3. The van der Waals surface area contributed by atoms with Crippen LogP contribution in [0.2, 0.25) is 0 Å². The summed E-state index contributed by atoms with van der Waals surface area (Å²) in [5.41, 5.74) is 1.13. The summed E-state index contributed by atoms with van der Waals surface area (Å²) in [6.45, 7) is 2.71. The van der Waals surface area contributed by atoms with E-state index in [1.807, 2.05) is 10.3 Å². The number of piperazine rings is 1. The molecule has 1 fully saturated rings. The minimum Gasteiger partial charge on any atom is -0.345 e. The molecule has 2 heterocycles. The topological polar surface area (TPSA) is 70.6 Å². The Morgan fingerprint density at radius 3 is 2.45 bits per heavy atom. The summed E-state index contributed by atoms with van der Waals surface area (Å²) in [5.74, 6) is -0.196. The number of hydrogen-bond donors (Lipinski definition) is 0. The fourth-order valence-electron chi connectivity index (χ4n) is 3.38. The molecule has 0 unspecified atom stereocenters. The maximum atomic E-state index is 12.9. The van der Waals surface area contributed by atoms with Gasteiger partial charge in [-0.1, -0.05) is 30.3 Å². The van der Waals surface area contributed by atoms with Crippen LogP contribution < -0.4 is 4.90 Å². The molecule has 1 aliphatic rings. The molecule has 2 aromatic carbocycles. The summed E-state index contributed by atoms with van der Waals surface area (Å²) in [5, 5.41) is 2.92. The molecular formula is C21H21N3O3S2. The van der Waals surface area contributed by atoms with E-state index >= 15 is 0 Å². The lowest BCUT2D eigenvalue weighted by atomic mass is 10.1. The molecule has 0 radical (unpaired) electrons. The van der Waals surface area contributed by atoms with Crippen molar-refractivity contribution in [3.05, 3.63) is 77.3 Å². The number of amides is 1. The van der Waals surface area contributed by atoms with Gasteiger partial charge in [0.15, 0.2) is 15.0 Å². The van der Waals surface area contributed by atoms with Crippen molar-refractivity contribution in [1.82, 2.24) is 9.88 Å². The Morgan fingerprint density at radius 2 is 1.76 bits per heavy atom. The smallest absolute Gasteiger partial charge is 0.253 e. The Balaban J connectivity index is 1.44. The van der Waals surface area contributed by atoms with Gasteiger partial charge >= 0.3 is 0 Å². The fourth-order valence-corrected chi connectivity index (χ4v) is 5.43. The van der Waals surface area contributed by atoms with Crippen molar-refractivity contribution in [1.29, 1.82) is 0 Å². The van der Waals surface area contributed by atoms with Crippen molar-refractivity contribution in [3.8, 4) is 0 Å². The van der Waals surface area contributed by atoms with Gasteiger partial charge in [0.2, 0.25) is 0 Å². The van der Waals surface area contributed by atoms with Gasteiger partial charge < -0.3 is 9.80 Å². The van der Waals surface area contributed by atoms with Gasteiger partial charge in [-0.15, -0.1) is 11.3 Å². The zero-order chi connectivity index (χ0) is 20.3. The van der Waals surface area contributed by atoms with Gasteiger partial charge in [-0.25, -0.2) is 13.4 Å². The van der Waals surface area contributed by atoms with Crippen LogP contribution in [0.5, 0.6) is 0 Å². The van der Waals surface area contributed by atoms with E-state index in [0.29, 0.717) is 24.2 Å².